The summed E-state index contributed by atoms with van der Waals surface area (Å²) in [6, 6.07) is 15.5. The van der Waals surface area contributed by atoms with E-state index < -0.39 is 0 Å². The van der Waals surface area contributed by atoms with Crippen LogP contribution in [0.15, 0.2) is 61.1 Å². The van der Waals surface area contributed by atoms with Crippen molar-refractivity contribution in [3.8, 4) is 0 Å². The van der Waals surface area contributed by atoms with E-state index in [1.165, 1.54) is 28.9 Å². The molecule has 1 aromatic carbocycles. The second-order valence-electron chi connectivity index (χ2n) is 10.9. The molecule has 6 rings (SSSR count). The smallest absolute Gasteiger partial charge is 0.211 e. The number of fused-ring (bicyclic) bond motifs is 2. The van der Waals surface area contributed by atoms with Crippen molar-refractivity contribution >= 4 is 17.3 Å². The molecule has 0 unspecified atom stereocenters. The minimum Gasteiger partial charge on any atom is -0.378 e. The molecule has 0 radical (unpaired) electrons. The van der Waals surface area contributed by atoms with Gasteiger partial charge in [0.2, 0.25) is 5.95 Å². The van der Waals surface area contributed by atoms with Gasteiger partial charge in [-0.05, 0) is 61.7 Å². The molecule has 1 aliphatic heterocycles. The van der Waals surface area contributed by atoms with Crippen LogP contribution in [-0.4, -0.2) is 76.5 Å². The van der Waals surface area contributed by atoms with Crippen LogP contribution in [0, 0.1) is 0 Å². The monoisotopic (exact) mass is 510 g/mol. The van der Waals surface area contributed by atoms with Crippen molar-refractivity contribution in [1.82, 2.24) is 29.2 Å². The van der Waals surface area contributed by atoms with Gasteiger partial charge in [-0.3, -0.25) is 19.2 Å². The second-order valence-corrected chi connectivity index (χ2v) is 10.9. The maximum atomic E-state index is 4.97. The summed E-state index contributed by atoms with van der Waals surface area (Å²) in [5.41, 5.74) is 7.27. The van der Waals surface area contributed by atoms with E-state index >= 15 is 0 Å². The first-order valence-electron chi connectivity index (χ1n) is 13.8. The maximum Gasteiger partial charge on any atom is 0.211 e. The number of imidazole rings is 1. The molecule has 0 amide bonds. The van der Waals surface area contributed by atoms with Crippen molar-refractivity contribution in [3.63, 3.8) is 0 Å². The zero-order valence-corrected chi connectivity index (χ0v) is 22.8. The number of pyridine rings is 1. The fraction of sp³-hybridized carbons (Fsp3) is 0.433. The Morgan fingerprint density at radius 2 is 1.74 bits per heavy atom. The molecular weight excluding hydrogens is 472 g/mol. The number of rotatable bonds is 7. The van der Waals surface area contributed by atoms with Crippen LogP contribution in [0.25, 0.3) is 5.65 Å². The molecular formula is C30H38N8. The molecule has 4 aromatic rings. The van der Waals surface area contributed by atoms with Crippen molar-refractivity contribution < 1.29 is 0 Å². The van der Waals surface area contributed by atoms with Gasteiger partial charge in [-0.1, -0.05) is 18.2 Å². The molecule has 1 saturated heterocycles. The molecule has 3 aromatic heterocycles. The van der Waals surface area contributed by atoms with Crippen LogP contribution in [0.1, 0.15) is 41.4 Å². The summed E-state index contributed by atoms with van der Waals surface area (Å²) in [7, 11) is 6.36. The van der Waals surface area contributed by atoms with E-state index in [-0.39, 0.29) is 0 Å². The third-order valence-corrected chi connectivity index (χ3v) is 8.04. The van der Waals surface area contributed by atoms with Crippen LogP contribution in [0.5, 0.6) is 0 Å². The predicted octanol–water partition coefficient (Wildman–Crippen LogP) is 4.02. The second kappa shape index (κ2) is 10.7. The molecule has 8 nitrogen and oxygen atoms in total. The summed E-state index contributed by atoms with van der Waals surface area (Å²) in [4.78, 5) is 24.0. The van der Waals surface area contributed by atoms with E-state index in [0.29, 0.717) is 6.04 Å². The van der Waals surface area contributed by atoms with Crippen LogP contribution in [-0.2, 0) is 19.5 Å². The van der Waals surface area contributed by atoms with Gasteiger partial charge in [0.05, 0.1) is 17.4 Å². The molecule has 4 heterocycles. The lowest BCUT2D eigenvalue weighted by Crippen LogP contribution is -2.46. The first-order chi connectivity index (χ1) is 18.5. The normalized spacial score (nSPS) is 18.2. The van der Waals surface area contributed by atoms with Gasteiger partial charge in [-0.25, -0.2) is 9.97 Å². The molecule has 0 spiro atoms. The van der Waals surface area contributed by atoms with Crippen molar-refractivity contribution in [2.75, 3.05) is 57.1 Å². The number of hydrogen-bond acceptors (Lipinski definition) is 7. The fourth-order valence-electron chi connectivity index (χ4n) is 5.91. The van der Waals surface area contributed by atoms with Gasteiger partial charge in [-0.2, -0.15) is 0 Å². The Hall–Kier alpha value is -3.49. The van der Waals surface area contributed by atoms with Gasteiger partial charge < -0.3 is 9.80 Å². The van der Waals surface area contributed by atoms with Crippen molar-refractivity contribution in [2.24, 2.45) is 0 Å². The Labute approximate surface area is 225 Å². The van der Waals surface area contributed by atoms with E-state index in [4.69, 9.17) is 15.0 Å². The van der Waals surface area contributed by atoms with Crippen LogP contribution in [0.3, 0.4) is 0 Å². The topological polar surface area (TPSA) is 56.0 Å². The Balaban J connectivity index is 1.12. The number of nitrogens with zero attached hydrogens (tertiary/aromatic N) is 8. The highest BCUT2D eigenvalue weighted by Crippen LogP contribution is 2.32. The Morgan fingerprint density at radius 3 is 2.53 bits per heavy atom. The summed E-state index contributed by atoms with van der Waals surface area (Å²) in [6.07, 6.45) is 9.48. The first kappa shape index (κ1) is 24.8. The van der Waals surface area contributed by atoms with Gasteiger partial charge in [0, 0.05) is 77.6 Å². The molecule has 2 aliphatic rings. The van der Waals surface area contributed by atoms with Crippen molar-refractivity contribution in [1.29, 1.82) is 0 Å². The number of benzene rings is 1. The van der Waals surface area contributed by atoms with Crippen LogP contribution in [0.2, 0.25) is 0 Å². The lowest BCUT2D eigenvalue weighted by molar-refractivity contribution is 0.206. The molecule has 8 heteroatoms. The molecule has 0 saturated carbocycles. The summed E-state index contributed by atoms with van der Waals surface area (Å²) in [5, 5.41) is 0. The van der Waals surface area contributed by atoms with E-state index in [1.807, 2.05) is 18.5 Å². The zero-order valence-electron chi connectivity index (χ0n) is 22.8. The number of piperazine rings is 1. The molecule has 38 heavy (non-hydrogen) atoms. The van der Waals surface area contributed by atoms with Crippen molar-refractivity contribution in [2.45, 2.75) is 38.4 Å². The van der Waals surface area contributed by atoms with Gasteiger partial charge in [0.25, 0.3) is 0 Å². The fourth-order valence-corrected chi connectivity index (χ4v) is 5.91. The van der Waals surface area contributed by atoms with Crippen LogP contribution in [0.4, 0.5) is 11.6 Å². The number of aryl methyl sites for hydroxylation is 1. The standard InChI is InChI=1S/C30H38N8/c1-34(2)26-11-9-23(10-12-26)20-36-16-18-37(19-17-36)30-32-15-13-28-33-25(22-38(28)30)21-35(3)27-8-4-6-24-7-5-14-31-29(24)27/h5,7,9-15,22,27H,4,6,8,16-21H2,1-3H3/t27-/m0/s1. The molecule has 0 bridgehead atoms. The maximum absolute atomic E-state index is 4.97. The van der Waals surface area contributed by atoms with E-state index in [0.717, 1.165) is 69.4 Å². The van der Waals surface area contributed by atoms with Gasteiger partial charge in [-0.15, -0.1) is 0 Å². The largest absolute Gasteiger partial charge is 0.378 e. The third kappa shape index (κ3) is 5.11. The average molecular weight is 511 g/mol. The van der Waals surface area contributed by atoms with E-state index in [1.54, 1.807) is 0 Å². The molecule has 1 aliphatic carbocycles. The molecule has 0 N–H and O–H groups in total. The Bertz CT molecular complexity index is 1370. The summed E-state index contributed by atoms with van der Waals surface area (Å²) >= 11 is 0. The summed E-state index contributed by atoms with van der Waals surface area (Å²) in [5.74, 6) is 0.989. The number of hydrogen-bond donors (Lipinski definition) is 0. The quantitative estimate of drug-likeness (QED) is 0.372. The van der Waals surface area contributed by atoms with Crippen LogP contribution >= 0.6 is 0 Å². The highest BCUT2D eigenvalue weighted by atomic mass is 15.3. The first-order valence-corrected chi connectivity index (χ1v) is 13.8. The third-order valence-electron chi connectivity index (χ3n) is 8.04. The minimum atomic E-state index is 0.342. The SMILES string of the molecule is CN(C)c1ccc(CN2CCN(c3nccc4nc(CN(C)[C@H]5CCCc6cccnc65)cn34)CC2)cc1. The highest BCUT2D eigenvalue weighted by Gasteiger charge is 2.26. The predicted molar refractivity (Wildman–Crippen MR) is 153 cm³/mol. The number of anilines is 2. The van der Waals surface area contributed by atoms with Gasteiger partial charge >= 0.3 is 0 Å². The summed E-state index contributed by atoms with van der Waals surface area (Å²) < 4.78 is 2.17. The van der Waals surface area contributed by atoms with Crippen molar-refractivity contribution in [3.05, 3.63) is 83.6 Å². The molecule has 1 fully saturated rings. The van der Waals surface area contributed by atoms with E-state index in [9.17, 15) is 0 Å². The van der Waals surface area contributed by atoms with E-state index in [2.05, 4.69) is 87.7 Å². The zero-order chi connectivity index (χ0) is 26.1. The van der Waals surface area contributed by atoms with Crippen LogP contribution < -0.4 is 9.80 Å². The number of aromatic nitrogens is 4. The lowest BCUT2D eigenvalue weighted by atomic mass is 9.91. The molecule has 1 atom stereocenters. The Kier molecular flexibility index (Phi) is 7.00. The van der Waals surface area contributed by atoms with Gasteiger partial charge in [0.1, 0.15) is 5.65 Å². The highest BCUT2D eigenvalue weighted by molar-refractivity contribution is 5.48. The Morgan fingerprint density at radius 1 is 0.921 bits per heavy atom. The molecule has 198 valence electrons. The van der Waals surface area contributed by atoms with Gasteiger partial charge in [0.15, 0.2) is 0 Å². The average Bonchev–Trinajstić information content (AvgIpc) is 3.36. The minimum absolute atomic E-state index is 0.342. The summed E-state index contributed by atoms with van der Waals surface area (Å²) in [6.45, 7) is 5.74. The lowest BCUT2D eigenvalue weighted by Gasteiger charge is -2.35.